The molecule has 1 aromatic rings. The normalized spacial score (nSPS) is 16.7. The first-order valence-corrected chi connectivity index (χ1v) is 10.4. The topological polar surface area (TPSA) is 70.7 Å². The van der Waals surface area contributed by atoms with E-state index in [4.69, 9.17) is 4.74 Å². The molecule has 1 aliphatic rings. The standard InChI is InChI=1S/C22H35N3O3/c1-17(2)16-20(26)24-21(18-8-5-4-6-9-18)22(27)23-19-10-13-25(14-11-19)12-7-15-28-3/h4-6,8-9,17,19,21H,7,10-16H2,1-3H3,(H,23,27)(H,24,26). The first-order valence-electron chi connectivity index (χ1n) is 10.4. The molecule has 1 unspecified atom stereocenters. The minimum atomic E-state index is -0.646. The molecule has 0 saturated carbocycles. The van der Waals surface area contributed by atoms with Gasteiger partial charge in [0, 0.05) is 45.8 Å². The average molecular weight is 390 g/mol. The van der Waals surface area contributed by atoms with Crippen LogP contribution in [0.25, 0.3) is 0 Å². The fraction of sp³-hybridized carbons (Fsp3) is 0.636. The molecule has 0 spiro atoms. The van der Waals surface area contributed by atoms with E-state index in [9.17, 15) is 9.59 Å². The fourth-order valence-corrected chi connectivity index (χ4v) is 3.55. The molecule has 1 heterocycles. The Morgan fingerprint density at radius 3 is 2.46 bits per heavy atom. The third kappa shape index (κ3) is 7.60. The molecule has 1 fully saturated rings. The third-order valence-electron chi connectivity index (χ3n) is 5.05. The molecule has 0 bridgehead atoms. The lowest BCUT2D eigenvalue weighted by molar-refractivity contribution is -0.130. The molecule has 6 nitrogen and oxygen atoms in total. The highest BCUT2D eigenvalue weighted by molar-refractivity contribution is 5.88. The minimum absolute atomic E-state index is 0.0908. The van der Waals surface area contributed by atoms with Gasteiger partial charge in [-0.15, -0.1) is 0 Å². The summed E-state index contributed by atoms with van der Waals surface area (Å²) < 4.78 is 5.11. The van der Waals surface area contributed by atoms with E-state index < -0.39 is 6.04 Å². The van der Waals surface area contributed by atoms with Crippen molar-refractivity contribution in [1.29, 1.82) is 0 Å². The van der Waals surface area contributed by atoms with E-state index in [2.05, 4.69) is 15.5 Å². The van der Waals surface area contributed by atoms with Gasteiger partial charge in [-0.2, -0.15) is 0 Å². The third-order valence-corrected chi connectivity index (χ3v) is 5.05. The molecule has 28 heavy (non-hydrogen) atoms. The van der Waals surface area contributed by atoms with Gasteiger partial charge in [-0.25, -0.2) is 0 Å². The van der Waals surface area contributed by atoms with Gasteiger partial charge in [0.2, 0.25) is 11.8 Å². The summed E-state index contributed by atoms with van der Waals surface area (Å²) in [6.45, 7) is 7.77. The van der Waals surface area contributed by atoms with Gasteiger partial charge in [0.15, 0.2) is 0 Å². The lowest BCUT2D eigenvalue weighted by Crippen LogP contribution is -2.48. The van der Waals surface area contributed by atoms with Gasteiger partial charge in [-0.1, -0.05) is 44.2 Å². The number of ether oxygens (including phenoxy) is 1. The van der Waals surface area contributed by atoms with Crippen molar-refractivity contribution in [3.63, 3.8) is 0 Å². The fourth-order valence-electron chi connectivity index (χ4n) is 3.55. The number of hydrogen-bond acceptors (Lipinski definition) is 4. The molecule has 2 N–H and O–H groups in total. The predicted molar refractivity (Wildman–Crippen MR) is 111 cm³/mol. The first kappa shape index (κ1) is 22.4. The number of nitrogens with one attached hydrogen (secondary N) is 2. The first-order chi connectivity index (χ1) is 13.5. The Balaban J connectivity index is 1.91. The number of carbonyl (C=O) groups is 2. The zero-order valence-corrected chi connectivity index (χ0v) is 17.4. The van der Waals surface area contributed by atoms with Crippen LogP contribution in [0.1, 0.15) is 51.1 Å². The summed E-state index contributed by atoms with van der Waals surface area (Å²) >= 11 is 0. The summed E-state index contributed by atoms with van der Waals surface area (Å²) in [7, 11) is 1.73. The van der Waals surface area contributed by atoms with Crippen molar-refractivity contribution >= 4 is 11.8 Å². The molecule has 1 atom stereocenters. The smallest absolute Gasteiger partial charge is 0.247 e. The lowest BCUT2D eigenvalue weighted by Gasteiger charge is -2.33. The van der Waals surface area contributed by atoms with Crippen molar-refractivity contribution in [2.24, 2.45) is 5.92 Å². The van der Waals surface area contributed by atoms with Crippen molar-refractivity contribution in [3.05, 3.63) is 35.9 Å². The SMILES string of the molecule is COCCCN1CCC(NC(=O)C(NC(=O)CC(C)C)c2ccccc2)CC1. The average Bonchev–Trinajstić information content (AvgIpc) is 2.68. The van der Waals surface area contributed by atoms with Crippen LogP contribution in [0, 0.1) is 5.92 Å². The van der Waals surface area contributed by atoms with Gasteiger partial charge >= 0.3 is 0 Å². The number of likely N-dealkylation sites (tertiary alicyclic amines) is 1. The number of nitrogens with zero attached hydrogens (tertiary/aromatic N) is 1. The highest BCUT2D eigenvalue weighted by atomic mass is 16.5. The Morgan fingerprint density at radius 2 is 1.86 bits per heavy atom. The van der Waals surface area contributed by atoms with E-state index in [1.165, 1.54) is 0 Å². The maximum atomic E-state index is 13.0. The van der Waals surface area contributed by atoms with Gasteiger partial charge < -0.3 is 20.3 Å². The van der Waals surface area contributed by atoms with E-state index in [1.807, 2.05) is 44.2 Å². The molecule has 156 valence electrons. The number of rotatable bonds is 10. The number of piperidine rings is 1. The summed E-state index contributed by atoms with van der Waals surface area (Å²) in [6.07, 6.45) is 3.31. The van der Waals surface area contributed by atoms with Crippen molar-refractivity contribution in [2.45, 2.75) is 51.6 Å². The minimum Gasteiger partial charge on any atom is -0.385 e. The molecule has 2 amide bonds. The summed E-state index contributed by atoms with van der Waals surface area (Å²) in [5, 5.41) is 6.08. The van der Waals surface area contributed by atoms with Crippen LogP contribution in [0.5, 0.6) is 0 Å². The van der Waals surface area contributed by atoms with Crippen molar-refractivity contribution in [1.82, 2.24) is 15.5 Å². The Kier molecular flexibility index (Phi) is 9.44. The highest BCUT2D eigenvalue weighted by Gasteiger charge is 2.27. The number of carbonyl (C=O) groups excluding carboxylic acids is 2. The van der Waals surface area contributed by atoms with Crippen LogP contribution >= 0.6 is 0 Å². The van der Waals surface area contributed by atoms with E-state index in [-0.39, 0.29) is 23.8 Å². The molecule has 1 saturated heterocycles. The Bertz CT molecular complexity index is 598. The van der Waals surface area contributed by atoms with Crippen LogP contribution in [-0.2, 0) is 14.3 Å². The van der Waals surface area contributed by atoms with Crippen LogP contribution < -0.4 is 10.6 Å². The number of hydrogen-bond donors (Lipinski definition) is 2. The predicted octanol–water partition coefficient (Wildman–Crippen LogP) is 2.51. The summed E-state index contributed by atoms with van der Waals surface area (Å²) in [5.74, 6) is 0.0371. The summed E-state index contributed by atoms with van der Waals surface area (Å²) in [5.41, 5.74) is 0.814. The van der Waals surface area contributed by atoms with Gasteiger partial charge in [0.05, 0.1) is 0 Å². The zero-order chi connectivity index (χ0) is 20.4. The molecular formula is C22H35N3O3. The Morgan fingerprint density at radius 1 is 1.18 bits per heavy atom. The molecule has 6 heteroatoms. The Labute approximate surface area is 169 Å². The summed E-state index contributed by atoms with van der Waals surface area (Å²) in [6, 6.07) is 8.97. The Hall–Kier alpha value is -1.92. The molecular weight excluding hydrogens is 354 g/mol. The van der Waals surface area contributed by atoms with Gasteiger partial charge in [0.25, 0.3) is 0 Å². The number of amides is 2. The molecule has 2 rings (SSSR count). The van der Waals surface area contributed by atoms with Gasteiger partial charge in [-0.3, -0.25) is 9.59 Å². The van der Waals surface area contributed by atoms with Crippen molar-refractivity contribution < 1.29 is 14.3 Å². The molecule has 1 aromatic carbocycles. The van der Waals surface area contributed by atoms with E-state index in [1.54, 1.807) is 7.11 Å². The monoisotopic (exact) mass is 389 g/mol. The van der Waals surface area contributed by atoms with Crippen LogP contribution in [0.4, 0.5) is 0 Å². The summed E-state index contributed by atoms with van der Waals surface area (Å²) in [4.78, 5) is 27.7. The molecule has 0 aliphatic carbocycles. The van der Waals surface area contributed by atoms with Crippen LogP contribution in [0.3, 0.4) is 0 Å². The van der Waals surface area contributed by atoms with E-state index in [0.717, 1.165) is 51.1 Å². The maximum Gasteiger partial charge on any atom is 0.247 e. The van der Waals surface area contributed by atoms with Crippen molar-refractivity contribution in [3.8, 4) is 0 Å². The number of methoxy groups -OCH3 is 1. The largest absolute Gasteiger partial charge is 0.385 e. The quantitative estimate of drug-likeness (QED) is 0.603. The van der Waals surface area contributed by atoms with Crippen LogP contribution in [-0.4, -0.2) is 56.1 Å². The van der Waals surface area contributed by atoms with Gasteiger partial charge in [0.1, 0.15) is 6.04 Å². The molecule has 1 aliphatic heterocycles. The second-order valence-corrected chi connectivity index (χ2v) is 7.98. The van der Waals surface area contributed by atoms with Crippen LogP contribution in [0.2, 0.25) is 0 Å². The highest BCUT2D eigenvalue weighted by Crippen LogP contribution is 2.17. The van der Waals surface area contributed by atoms with E-state index in [0.29, 0.717) is 6.42 Å². The van der Waals surface area contributed by atoms with Crippen molar-refractivity contribution in [2.75, 3.05) is 33.4 Å². The van der Waals surface area contributed by atoms with E-state index >= 15 is 0 Å². The van der Waals surface area contributed by atoms with Crippen LogP contribution in [0.15, 0.2) is 30.3 Å². The second kappa shape index (κ2) is 11.8. The van der Waals surface area contributed by atoms with Gasteiger partial charge in [-0.05, 0) is 30.7 Å². The number of benzene rings is 1. The zero-order valence-electron chi connectivity index (χ0n) is 17.4. The second-order valence-electron chi connectivity index (χ2n) is 7.98. The lowest BCUT2D eigenvalue weighted by atomic mass is 10.0. The molecule has 0 radical (unpaired) electrons. The maximum absolute atomic E-state index is 13.0. The molecule has 0 aromatic heterocycles.